The Labute approximate surface area is 436 Å². The zero-order chi connectivity index (χ0) is 49.7. The molecule has 3 nitrogen and oxygen atoms in total. The van der Waals surface area contributed by atoms with E-state index in [2.05, 4.69) is 311 Å². The van der Waals surface area contributed by atoms with E-state index in [1.165, 1.54) is 93.7 Å². The van der Waals surface area contributed by atoms with Gasteiger partial charge < -0.3 is 14.0 Å². The molecule has 0 saturated heterocycles. The Kier molecular flexibility index (Phi) is 10.8. The number of hydrogen-bond acceptors (Lipinski definition) is 1. The van der Waals surface area contributed by atoms with Crippen LogP contribution in [0.1, 0.15) is 0 Å². The van der Waals surface area contributed by atoms with Crippen LogP contribution in [0.3, 0.4) is 0 Å². The van der Waals surface area contributed by atoms with Crippen LogP contribution in [0.4, 0.5) is 17.1 Å². The number of fused-ring (bicyclic) bond motifs is 6. The molecule has 0 aliphatic rings. The van der Waals surface area contributed by atoms with Crippen molar-refractivity contribution in [1.82, 2.24) is 9.13 Å². The van der Waals surface area contributed by atoms with Crippen molar-refractivity contribution in [2.45, 2.75) is 0 Å². The first-order chi connectivity index (χ1) is 37.2. The lowest BCUT2D eigenvalue weighted by Gasteiger charge is -2.26. The van der Waals surface area contributed by atoms with Crippen LogP contribution in [0.15, 0.2) is 297 Å². The van der Waals surface area contributed by atoms with Gasteiger partial charge in [-0.1, -0.05) is 224 Å². The van der Waals surface area contributed by atoms with Crippen molar-refractivity contribution in [3.05, 3.63) is 297 Å². The molecule has 12 aromatic carbocycles. The number of anilines is 3. The maximum Gasteiger partial charge on any atom is 0.0620 e. The van der Waals surface area contributed by atoms with Crippen LogP contribution in [0.25, 0.3) is 111 Å². The predicted molar refractivity (Wildman–Crippen MR) is 317 cm³/mol. The zero-order valence-corrected chi connectivity index (χ0v) is 41.1. The third-order valence-corrected chi connectivity index (χ3v) is 14.9. The van der Waals surface area contributed by atoms with Gasteiger partial charge >= 0.3 is 0 Å². The average molecular weight is 956 g/mol. The summed E-state index contributed by atoms with van der Waals surface area (Å²) in [6, 6.07) is 108. The zero-order valence-electron chi connectivity index (χ0n) is 41.1. The largest absolute Gasteiger partial charge is 0.310 e. The molecule has 0 aliphatic heterocycles. The predicted octanol–water partition coefficient (Wildman–Crippen LogP) is 19.7. The Hall–Kier alpha value is -9.96. The number of hydrogen-bond donors (Lipinski definition) is 0. The lowest BCUT2D eigenvalue weighted by Crippen LogP contribution is -2.10. The summed E-state index contributed by atoms with van der Waals surface area (Å²) >= 11 is 0. The lowest BCUT2D eigenvalue weighted by molar-refractivity contribution is 1.14. The summed E-state index contributed by atoms with van der Waals surface area (Å²) < 4.78 is 4.88. The third kappa shape index (κ3) is 7.69. The van der Waals surface area contributed by atoms with Gasteiger partial charge in [0.05, 0.1) is 22.2 Å². The highest BCUT2D eigenvalue weighted by atomic mass is 15.1. The minimum absolute atomic E-state index is 1.08. The van der Waals surface area contributed by atoms with E-state index in [-0.39, 0.29) is 0 Å². The molecular formula is C72H49N3. The van der Waals surface area contributed by atoms with Crippen molar-refractivity contribution in [2.24, 2.45) is 0 Å². The number of benzene rings is 12. The van der Waals surface area contributed by atoms with Crippen LogP contribution in [-0.4, -0.2) is 9.13 Å². The quantitative estimate of drug-likeness (QED) is 0.133. The second-order valence-corrected chi connectivity index (χ2v) is 19.3. The van der Waals surface area contributed by atoms with Crippen LogP contribution in [0.5, 0.6) is 0 Å². The molecule has 14 rings (SSSR count). The second kappa shape index (κ2) is 18.6. The van der Waals surface area contributed by atoms with Crippen LogP contribution >= 0.6 is 0 Å². The molecule has 0 N–H and O–H groups in total. The summed E-state index contributed by atoms with van der Waals surface area (Å²) in [6.45, 7) is 0. The van der Waals surface area contributed by atoms with Crippen molar-refractivity contribution in [1.29, 1.82) is 0 Å². The van der Waals surface area contributed by atoms with Crippen molar-refractivity contribution in [3.63, 3.8) is 0 Å². The highest BCUT2D eigenvalue weighted by Crippen LogP contribution is 2.47. The monoisotopic (exact) mass is 955 g/mol. The maximum absolute atomic E-state index is 2.51. The molecule has 352 valence electrons. The van der Waals surface area contributed by atoms with Gasteiger partial charge in [0.25, 0.3) is 0 Å². The molecule has 0 bridgehead atoms. The molecule has 0 atom stereocenters. The molecule has 0 spiro atoms. The van der Waals surface area contributed by atoms with E-state index in [1.807, 2.05) is 0 Å². The van der Waals surface area contributed by atoms with E-state index in [1.54, 1.807) is 0 Å². The van der Waals surface area contributed by atoms with E-state index >= 15 is 0 Å². The van der Waals surface area contributed by atoms with Crippen molar-refractivity contribution in [3.8, 4) is 67.1 Å². The Morgan fingerprint density at radius 2 is 0.693 bits per heavy atom. The third-order valence-electron chi connectivity index (χ3n) is 14.9. The summed E-state index contributed by atoms with van der Waals surface area (Å²) in [4.78, 5) is 2.39. The van der Waals surface area contributed by atoms with Gasteiger partial charge in [-0.15, -0.1) is 0 Å². The molecule has 0 amide bonds. The minimum atomic E-state index is 1.08. The summed E-state index contributed by atoms with van der Waals surface area (Å²) in [5.41, 5.74) is 20.9. The molecule has 75 heavy (non-hydrogen) atoms. The number of para-hydroxylation sites is 2. The van der Waals surface area contributed by atoms with Crippen molar-refractivity contribution < 1.29 is 0 Å². The van der Waals surface area contributed by atoms with Gasteiger partial charge in [-0.05, 0) is 123 Å². The first-order valence-electron chi connectivity index (χ1n) is 25.8. The van der Waals surface area contributed by atoms with E-state index in [9.17, 15) is 0 Å². The normalized spacial score (nSPS) is 11.5. The van der Waals surface area contributed by atoms with Crippen molar-refractivity contribution >= 4 is 60.5 Å². The summed E-state index contributed by atoms with van der Waals surface area (Å²) in [7, 11) is 0. The van der Waals surface area contributed by atoms with Gasteiger partial charge in [0.15, 0.2) is 0 Å². The van der Waals surface area contributed by atoms with Crippen LogP contribution in [0, 0.1) is 0 Å². The summed E-state index contributed by atoms with van der Waals surface area (Å²) in [5.74, 6) is 0. The van der Waals surface area contributed by atoms with Gasteiger partial charge in [-0.3, -0.25) is 0 Å². The fourth-order valence-corrected chi connectivity index (χ4v) is 11.5. The molecule has 2 aromatic heterocycles. The van der Waals surface area contributed by atoms with Gasteiger partial charge in [0.2, 0.25) is 0 Å². The van der Waals surface area contributed by atoms with Gasteiger partial charge in [0.1, 0.15) is 0 Å². The SMILES string of the molecule is c1ccc(-c2ccc(N(c3ccc(-c4cccc5c4ccc4c(-c6ccccc6)c(-c6ccccc6)n(-c6ccc(-c7ccccc7)cc6)c45)cc3)c3ccc4c(c3)c3ccccc3n4-c3ccccc3)cc2)cc1. The topological polar surface area (TPSA) is 13.1 Å². The lowest BCUT2D eigenvalue weighted by atomic mass is 9.94. The number of nitrogens with zero attached hydrogens (tertiary/aromatic N) is 3. The van der Waals surface area contributed by atoms with Gasteiger partial charge in [-0.2, -0.15) is 0 Å². The van der Waals surface area contributed by atoms with Crippen molar-refractivity contribution in [2.75, 3.05) is 4.90 Å². The Morgan fingerprint density at radius 3 is 1.32 bits per heavy atom. The molecule has 2 heterocycles. The van der Waals surface area contributed by atoms with Crippen LogP contribution in [-0.2, 0) is 0 Å². The highest BCUT2D eigenvalue weighted by molar-refractivity contribution is 6.18. The smallest absolute Gasteiger partial charge is 0.0620 e. The Bertz CT molecular complexity index is 4330. The standard InChI is InChI=1S/C72H49N3/c1-6-19-50(20-7-1)52-33-39-58(40-34-52)73(61-45-48-69-67(49-61)64-29-16-17-32-68(64)74(69)57-27-14-5-15-28-57)59-43-37-54(38-44-59)62-30-18-31-65-63(62)46-47-66-70(55-23-10-3-11-24-55)71(56-25-12-4-13-26-56)75(72(65)66)60-41-35-53(36-42-60)51-21-8-2-9-22-51/h1-49H. The fourth-order valence-electron chi connectivity index (χ4n) is 11.5. The van der Waals surface area contributed by atoms with Gasteiger partial charge in [-0.25, -0.2) is 0 Å². The molecule has 0 aliphatic carbocycles. The molecule has 0 unspecified atom stereocenters. The Morgan fingerprint density at radius 1 is 0.240 bits per heavy atom. The summed E-state index contributed by atoms with van der Waals surface area (Å²) in [5, 5.41) is 6.04. The molecule has 14 aromatic rings. The van der Waals surface area contributed by atoms with E-state index in [0.717, 1.165) is 34.0 Å². The maximum atomic E-state index is 2.51. The van der Waals surface area contributed by atoms with E-state index in [0.29, 0.717) is 0 Å². The molecule has 3 heteroatoms. The van der Waals surface area contributed by atoms with Crippen LogP contribution < -0.4 is 4.90 Å². The fraction of sp³-hybridized carbons (Fsp3) is 0. The van der Waals surface area contributed by atoms with E-state index < -0.39 is 0 Å². The van der Waals surface area contributed by atoms with Gasteiger partial charge in [0, 0.05) is 55.5 Å². The average Bonchev–Trinajstić information content (AvgIpc) is 4.03. The minimum Gasteiger partial charge on any atom is -0.310 e. The molecule has 0 saturated carbocycles. The molecule has 0 fully saturated rings. The van der Waals surface area contributed by atoms with Crippen LogP contribution in [0.2, 0.25) is 0 Å². The van der Waals surface area contributed by atoms with E-state index in [4.69, 9.17) is 0 Å². The molecule has 0 radical (unpaired) electrons. The second-order valence-electron chi connectivity index (χ2n) is 19.3. The summed E-state index contributed by atoms with van der Waals surface area (Å²) in [6.07, 6.45) is 0. The first kappa shape index (κ1) is 43.8. The molecular weight excluding hydrogens is 907 g/mol. The number of aromatic nitrogens is 2. The Balaban J connectivity index is 0.931. The first-order valence-corrected chi connectivity index (χ1v) is 25.8. The number of rotatable bonds is 10. The highest BCUT2D eigenvalue weighted by Gasteiger charge is 2.24.